The van der Waals surface area contributed by atoms with E-state index in [1.54, 1.807) is 12.4 Å². The van der Waals surface area contributed by atoms with E-state index in [-0.39, 0.29) is 0 Å². The topological polar surface area (TPSA) is 96.0 Å². The van der Waals surface area contributed by atoms with Crippen molar-refractivity contribution in [3.05, 3.63) is 79.6 Å². The standard InChI is InChI=1S/C23H15N7/c1-3-14(10-24-7-1)17-12-26-13-21-16(17)9-20(27-21)23-22-19(29-30-23)6-5-18(28-22)15-4-2-8-25-11-15/h1-13,27H,(H,29,30). The van der Waals surface area contributed by atoms with Gasteiger partial charge in [-0.3, -0.25) is 20.1 Å². The molecule has 0 aliphatic rings. The van der Waals surface area contributed by atoms with Crippen LogP contribution < -0.4 is 0 Å². The molecule has 142 valence electrons. The third kappa shape index (κ3) is 2.64. The number of aromatic nitrogens is 7. The molecule has 2 N–H and O–H groups in total. The zero-order chi connectivity index (χ0) is 19.9. The summed E-state index contributed by atoms with van der Waals surface area (Å²) in [5.41, 5.74) is 8.12. The second-order valence-electron chi connectivity index (χ2n) is 6.98. The van der Waals surface area contributed by atoms with E-state index >= 15 is 0 Å². The summed E-state index contributed by atoms with van der Waals surface area (Å²) in [6.45, 7) is 0. The van der Waals surface area contributed by atoms with Crippen molar-refractivity contribution in [3.63, 3.8) is 0 Å². The normalized spacial score (nSPS) is 11.3. The monoisotopic (exact) mass is 389 g/mol. The smallest absolute Gasteiger partial charge is 0.135 e. The maximum atomic E-state index is 4.85. The van der Waals surface area contributed by atoms with Crippen molar-refractivity contribution >= 4 is 21.9 Å². The fraction of sp³-hybridized carbons (Fsp3) is 0. The van der Waals surface area contributed by atoms with Gasteiger partial charge in [-0.15, -0.1) is 0 Å². The molecule has 6 rings (SSSR count). The largest absolute Gasteiger partial charge is 0.352 e. The molecule has 6 aromatic heterocycles. The molecule has 0 aliphatic carbocycles. The molecule has 6 aromatic rings. The number of aromatic amines is 2. The Kier molecular flexibility index (Phi) is 3.64. The lowest BCUT2D eigenvalue weighted by atomic mass is 10.1. The molecule has 0 amide bonds. The van der Waals surface area contributed by atoms with E-state index in [1.807, 2.05) is 61.2 Å². The van der Waals surface area contributed by atoms with Crippen molar-refractivity contribution in [2.75, 3.05) is 0 Å². The zero-order valence-corrected chi connectivity index (χ0v) is 15.7. The van der Waals surface area contributed by atoms with Gasteiger partial charge in [0.15, 0.2) is 0 Å². The molecule has 0 radical (unpaired) electrons. The van der Waals surface area contributed by atoms with Gasteiger partial charge in [0.05, 0.1) is 28.6 Å². The molecule has 0 saturated carbocycles. The Balaban J connectivity index is 1.52. The molecule has 0 spiro atoms. The van der Waals surface area contributed by atoms with Crippen LogP contribution in [-0.4, -0.2) is 35.1 Å². The van der Waals surface area contributed by atoms with Crippen molar-refractivity contribution in [3.8, 4) is 33.8 Å². The highest BCUT2D eigenvalue weighted by Gasteiger charge is 2.15. The maximum absolute atomic E-state index is 4.85. The Labute approximate surface area is 170 Å². The highest BCUT2D eigenvalue weighted by atomic mass is 15.1. The van der Waals surface area contributed by atoms with Crippen LogP contribution in [0.3, 0.4) is 0 Å². The molecule has 0 aliphatic heterocycles. The van der Waals surface area contributed by atoms with E-state index in [0.29, 0.717) is 0 Å². The van der Waals surface area contributed by atoms with Gasteiger partial charge in [-0.05, 0) is 36.4 Å². The molecule has 30 heavy (non-hydrogen) atoms. The highest BCUT2D eigenvalue weighted by Crippen LogP contribution is 2.33. The van der Waals surface area contributed by atoms with Crippen molar-refractivity contribution in [2.24, 2.45) is 0 Å². The van der Waals surface area contributed by atoms with Gasteiger partial charge < -0.3 is 4.98 Å². The minimum atomic E-state index is 0.768. The van der Waals surface area contributed by atoms with Gasteiger partial charge in [0.1, 0.15) is 11.2 Å². The minimum absolute atomic E-state index is 0.768. The maximum Gasteiger partial charge on any atom is 0.135 e. The molecule has 0 aromatic carbocycles. The fourth-order valence-electron chi connectivity index (χ4n) is 3.69. The van der Waals surface area contributed by atoms with Crippen LogP contribution in [0.5, 0.6) is 0 Å². The first-order valence-corrected chi connectivity index (χ1v) is 9.50. The molecule has 0 bridgehead atoms. The lowest BCUT2D eigenvalue weighted by Gasteiger charge is -2.01. The third-order valence-electron chi connectivity index (χ3n) is 5.14. The number of hydrogen-bond donors (Lipinski definition) is 2. The van der Waals surface area contributed by atoms with Gasteiger partial charge in [-0.1, -0.05) is 6.07 Å². The van der Waals surface area contributed by atoms with Crippen molar-refractivity contribution in [1.29, 1.82) is 0 Å². The van der Waals surface area contributed by atoms with Crippen LogP contribution >= 0.6 is 0 Å². The lowest BCUT2D eigenvalue weighted by Crippen LogP contribution is -1.86. The van der Waals surface area contributed by atoms with Crippen LogP contribution in [0, 0.1) is 0 Å². The van der Waals surface area contributed by atoms with Crippen LogP contribution in [0.1, 0.15) is 0 Å². The summed E-state index contributed by atoms with van der Waals surface area (Å²) >= 11 is 0. The number of rotatable bonds is 3. The summed E-state index contributed by atoms with van der Waals surface area (Å²) < 4.78 is 0. The van der Waals surface area contributed by atoms with E-state index in [1.165, 1.54) is 0 Å². The average molecular weight is 389 g/mol. The number of pyridine rings is 4. The van der Waals surface area contributed by atoms with E-state index in [4.69, 9.17) is 4.98 Å². The van der Waals surface area contributed by atoms with E-state index in [2.05, 4.69) is 36.2 Å². The summed E-state index contributed by atoms with van der Waals surface area (Å²) in [5, 5.41) is 8.68. The van der Waals surface area contributed by atoms with Crippen LogP contribution in [0.25, 0.3) is 55.7 Å². The molecule has 7 heteroatoms. The van der Waals surface area contributed by atoms with Gasteiger partial charge in [-0.25, -0.2) is 4.98 Å². The van der Waals surface area contributed by atoms with Crippen molar-refractivity contribution < 1.29 is 0 Å². The molecule has 6 heterocycles. The molecular weight excluding hydrogens is 374 g/mol. The van der Waals surface area contributed by atoms with E-state index < -0.39 is 0 Å². The van der Waals surface area contributed by atoms with Crippen LogP contribution in [0.15, 0.2) is 79.6 Å². The first-order valence-electron chi connectivity index (χ1n) is 9.50. The van der Waals surface area contributed by atoms with Crippen LogP contribution in [0.2, 0.25) is 0 Å². The van der Waals surface area contributed by atoms with E-state index in [9.17, 15) is 0 Å². The number of hydrogen-bond acceptors (Lipinski definition) is 5. The minimum Gasteiger partial charge on any atom is -0.352 e. The molecule has 0 saturated heterocycles. The van der Waals surface area contributed by atoms with E-state index in [0.717, 1.165) is 55.7 Å². The average Bonchev–Trinajstić information content (AvgIpc) is 3.43. The van der Waals surface area contributed by atoms with Crippen molar-refractivity contribution in [1.82, 2.24) is 35.1 Å². The van der Waals surface area contributed by atoms with Crippen LogP contribution in [-0.2, 0) is 0 Å². The first-order chi connectivity index (χ1) is 14.9. The molecular formula is C23H15N7. The van der Waals surface area contributed by atoms with Crippen LogP contribution in [0.4, 0.5) is 0 Å². The first kappa shape index (κ1) is 16.6. The van der Waals surface area contributed by atoms with Gasteiger partial charge >= 0.3 is 0 Å². The Morgan fingerprint density at radius 2 is 1.57 bits per heavy atom. The second kappa shape index (κ2) is 6.59. The second-order valence-corrected chi connectivity index (χ2v) is 6.98. The number of fused-ring (bicyclic) bond motifs is 2. The predicted molar refractivity (Wildman–Crippen MR) is 115 cm³/mol. The highest BCUT2D eigenvalue weighted by molar-refractivity contribution is 5.99. The lowest BCUT2D eigenvalue weighted by molar-refractivity contribution is 1.12. The Morgan fingerprint density at radius 1 is 0.733 bits per heavy atom. The fourth-order valence-corrected chi connectivity index (χ4v) is 3.69. The number of nitrogens with zero attached hydrogens (tertiary/aromatic N) is 5. The van der Waals surface area contributed by atoms with Gasteiger partial charge in [0.2, 0.25) is 0 Å². The summed E-state index contributed by atoms with van der Waals surface area (Å²) in [6, 6.07) is 13.9. The summed E-state index contributed by atoms with van der Waals surface area (Å²) in [7, 11) is 0. The number of nitrogens with one attached hydrogen (secondary N) is 2. The van der Waals surface area contributed by atoms with Crippen molar-refractivity contribution in [2.45, 2.75) is 0 Å². The zero-order valence-electron chi connectivity index (χ0n) is 15.7. The Hall–Kier alpha value is -4.39. The molecule has 0 unspecified atom stereocenters. The quantitative estimate of drug-likeness (QED) is 0.460. The predicted octanol–water partition coefficient (Wildman–Crippen LogP) is 4.63. The van der Waals surface area contributed by atoms with Gasteiger partial charge in [-0.2, -0.15) is 5.10 Å². The van der Waals surface area contributed by atoms with Gasteiger partial charge in [0, 0.05) is 53.1 Å². The Bertz CT molecular complexity index is 1480. The summed E-state index contributed by atoms with van der Waals surface area (Å²) in [4.78, 5) is 21.1. The molecule has 7 nitrogen and oxygen atoms in total. The molecule has 0 fully saturated rings. The Morgan fingerprint density at radius 3 is 2.37 bits per heavy atom. The number of H-pyrrole nitrogens is 2. The summed E-state index contributed by atoms with van der Waals surface area (Å²) in [5.74, 6) is 0. The SMILES string of the molecule is c1cncc(-c2ccc3[nH]nc(-c4cc5c(-c6cccnc6)cncc5[nH]4)c3n2)c1. The molecule has 0 atom stereocenters. The third-order valence-corrected chi connectivity index (χ3v) is 5.14. The van der Waals surface area contributed by atoms with Gasteiger partial charge in [0.25, 0.3) is 0 Å². The summed E-state index contributed by atoms with van der Waals surface area (Å²) in [6.07, 6.45) is 10.8.